The summed E-state index contributed by atoms with van der Waals surface area (Å²) in [5, 5.41) is 3.79. The number of alkyl halides is 3. The Kier molecular flexibility index (Phi) is 8.52. The van der Waals surface area contributed by atoms with Gasteiger partial charge in [-0.3, -0.25) is 0 Å². The zero-order valence-corrected chi connectivity index (χ0v) is 17.6. The van der Waals surface area contributed by atoms with Gasteiger partial charge >= 0.3 is 12.3 Å². The summed E-state index contributed by atoms with van der Waals surface area (Å²) in [6.45, 7) is 7.34. The quantitative estimate of drug-likeness (QED) is 0.358. The molecule has 1 fully saturated rings. The Morgan fingerprint density at radius 1 is 1.13 bits per heavy atom. The van der Waals surface area contributed by atoms with Gasteiger partial charge in [-0.25, -0.2) is 4.79 Å². The van der Waals surface area contributed by atoms with Gasteiger partial charge in [0.2, 0.25) is 0 Å². The van der Waals surface area contributed by atoms with Gasteiger partial charge < -0.3 is 19.2 Å². The first-order valence-electron chi connectivity index (χ1n) is 9.94. The van der Waals surface area contributed by atoms with Crippen molar-refractivity contribution in [2.45, 2.75) is 57.9 Å². The first-order chi connectivity index (χ1) is 14.0. The lowest BCUT2D eigenvalue weighted by atomic mass is 10.1. The molecule has 0 saturated carbocycles. The largest absolute Gasteiger partial charge is 0.444 e. The SMILES string of the molecule is CC(C)(C)OC(=O)N1CCC(OCCON=CCc2ccc(C(F)(F)F)cc2)CC1. The van der Waals surface area contributed by atoms with Gasteiger partial charge in [0, 0.05) is 25.7 Å². The predicted octanol–water partition coefficient (Wildman–Crippen LogP) is 4.67. The number of amides is 1. The van der Waals surface area contributed by atoms with E-state index < -0.39 is 17.3 Å². The molecule has 0 atom stereocenters. The average Bonchev–Trinajstić information content (AvgIpc) is 2.66. The van der Waals surface area contributed by atoms with Gasteiger partial charge in [-0.2, -0.15) is 13.2 Å². The minimum atomic E-state index is -4.33. The van der Waals surface area contributed by atoms with E-state index >= 15 is 0 Å². The lowest BCUT2D eigenvalue weighted by Crippen LogP contribution is -2.43. The van der Waals surface area contributed by atoms with E-state index in [4.69, 9.17) is 14.3 Å². The lowest BCUT2D eigenvalue weighted by molar-refractivity contribution is -0.137. The Bertz CT molecular complexity index is 692. The molecule has 0 unspecified atom stereocenters. The van der Waals surface area contributed by atoms with E-state index in [2.05, 4.69) is 5.16 Å². The maximum absolute atomic E-state index is 12.5. The second kappa shape index (κ2) is 10.7. The summed E-state index contributed by atoms with van der Waals surface area (Å²) in [4.78, 5) is 18.8. The van der Waals surface area contributed by atoms with Crippen LogP contribution in [0.5, 0.6) is 0 Å². The molecule has 1 aliphatic rings. The molecule has 6 nitrogen and oxygen atoms in total. The highest BCUT2D eigenvalue weighted by Crippen LogP contribution is 2.29. The molecule has 1 heterocycles. The van der Waals surface area contributed by atoms with Crippen molar-refractivity contribution in [1.82, 2.24) is 4.90 Å². The molecule has 0 N–H and O–H groups in total. The standard InChI is InChI=1S/C21H29F3N2O4/c1-20(2,3)30-19(27)26-12-9-18(10-13-26)28-14-15-29-25-11-8-16-4-6-17(7-5-16)21(22,23)24/h4-7,11,18H,8-10,12-15H2,1-3H3. The summed E-state index contributed by atoms with van der Waals surface area (Å²) in [5.41, 5.74) is -0.466. The fourth-order valence-corrected chi connectivity index (χ4v) is 2.86. The van der Waals surface area contributed by atoms with Crippen LogP contribution in [0.2, 0.25) is 0 Å². The van der Waals surface area contributed by atoms with Crippen molar-refractivity contribution in [3.05, 3.63) is 35.4 Å². The Balaban J connectivity index is 1.56. The van der Waals surface area contributed by atoms with E-state index in [0.717, 1.165) is 25.0 Å². The van der Waals surface area contributed by atoms with Crippen LogP contribution < -0.4 is 0 Å². The van der Waals surface area contributed by atoms with E-state index in [-0.39, 0.29) is 18.8 Å². The van der Waals surface area contributed by atoms with Crippen LogP contribution in [0.3, 0.4) is 0 Å². The van der Waals surface area contributed by atoms with Crippen LogP contribution in [0.25, 0.3) is 0 Å². The van der Waals surface area contributed by atoms with Crippen molar-refractivity contribution in [3.8, 4) is 0 Å². The molecule has 30 heavy (non-hydrogen) atoms. The molecule has 2 rings (SSSR count). The van der Waals surface area contributed by atoms with Crippen LogP contribution in [0.4, 0.5) is 18.0 Å². The normalized spacial score (nSPS) is 16.1. The molecule has 0 bridgehead atoms. The first-order valence-corrected chi connectivity index (χ1v) is 9.94. The van der Waals surface area contributed by atoms with Crippen molar-refractivity contribution in [1.29, 1.82) is 0 Å². The molecule has 9 heteroatoms. The molecular weight excluding hydrogens is 401 g/mol. The molecule has 1 amide bonds. The van der Waals surface area contributed by atoms with Crippen LogP contribution in [-0.4, -0.2) is 55.2 Å². The summed E-state index contributed by atoms with van der Waals surface area (Å²) in [6.07, 6.45) is -1.23. The molecule has 0 aromatic heterocycles. The Hall–Kier alpha value is -2.29. The number of carbonyl (C=O) groups excluding carboxylic acids is 1. The van der Waals surface area contributed by atoms with Gasteiger partial charge in [-0.05, 0) is 51.3 Å². The molecule has 1 saturated heterocycles. The minimum Gasteiger partial charge on any atom is -0.444 e. The first kappa shape index (κ1) is 24.0. The Labute approximate surface area is 175 Å². The van der Waals surface area contributed by atoms with Crippen LogP contribution in [0, 0.1) is 0 Å². The number of halogens is 3. The van der Waals surface area contributed by atoms with Crippen LogP contribution >= 0.6 is 0 Å². The highest BCUT2D eigenvalue weighted by Gasteiger charge is 2.30. The zero-order valence-electron chi connectivity index (χ0n) is 17.6. The fraction of sp³-hybridized carbons (Fsp3) is 0.619. The summed E-state index contributed by atoms with van der Waals surface area (Å²) in [5.74, 6) is 0. The second-order valence-corrected chi connectivity index (χ2v) is 8.06. The third-order valence-corrected chi connectivity index (χ3v) is 4.38. The highest BCUT2D eigenvalue weighted by atomic mass is 19.4. The third-order valence-electron chi connectivity index (χ3n) is 4.38. The van der Waals surface area contributed by atoms with E-state index in [1.54, 1.807) is 4.90 Å². The average molecular weight is 430 g/mol. The van der Waals surface area contributed by atoms with Crippen molar-refractivity contribution >= 4 is 12.3 Å². The van der Waals surface area contributed by atoms with E-state index in [9.17, 15) is 18.0 Å². The molecule has 1 aliphatic heterocycles. The maximum atomic E-state index is 12.5. The molecule has 0 radical (unpaired) electrons. The van der Waals surface area contributed by atoms with Gasteiger partial charge in [0.15, 0.2) is 0 Å². The van der Waals surface area contributed by atoms with Gasteiger partial charge in [-0.1, -0.05) is 17.3 Å². The summed E-state index contributed by atoms with van der Waals surface area (Å²) < 4.78 is 48.6. The smallest absolute Gasteiger partial charge is 0.416 e. The van der Waals surface area contributed by atoms with E-state index in [1.165, 1.54) is 18.3 Å². The molecule has 1 aromatic carbocycles. The number of oxime groups is 1. The monoisotopic (exact) mass is 430 g/mol. The number of carbonyl (C=O) groups is 1. The summed E-state index contributed by atoms with van der Waals surface area (Å²) in [6, 6.07) is 4.93. The maximum Gasteiger partial charge on any atom is 0.416 e. The number of piperidine rings is 1. The number of benzene rings is 1. The number of rotatable bonds is 7. The predicted molar refractivity (Wildman–Crippen MR) is 106 cm³/mol. The minimum absolute atomic E-state index is 0.0587. The van der Waals surface area contributed by atoms with Crippen LogP contribution in [0.15, 0.2) is 29.4 Å². The number of ether oxygens (including phenoxy) is 2. The molecule has 168 valence electrons. The second-order valence-electron chi connectivity index (χ2n) is 8.06. The van der Waals surface area contributed by atoms with Crippen molar-refractivity contribution in [2.24, 2.45) is 5.16 Å². The van der Waals surface area contributed by atoms with Gasteiger partial charge in [0.25, 0.3) is 0 Å². The number of hydrogen-bond donors (Lipinski definition) is 0. The number of hydrogen-bond acceptors (Lipinski definition) is 5. The van der Waals surface area contributed by atoms with Gasteiger partial charge in [-0.15, -0.1) is 0 Å². The summed E-state index contributed by atoms with van der Waals surface area (Å²) in [7, 11) is 0. The van der Waals surface area contributed by atoms with Gasteiger partial charge in [0.05, 0.1) is 18.3 Å². The van der Waals surface area contributed by atoms with E-state index in [1.807, 2.05) is 20.8 Å². The highest BCUT2D eigenvalue weighted by molar-refractivity contribution is 5.68. The number of nitrogens with zero attached hydrogens (tertiary/aromatic N) is 2. The van der Waals surface area contributed by atoms with Crippen LogP contribution in [0.1, 0.15) is 44.7 Å². The molecule has 0 spiro atoms. The van der Waals surface area contributed by atoms with Gasteiger partial charge in [0.1, 0.15) is 12.2 Å². The molecular formula is C21H29F3N2O4. The van der Waals surface area contributed by atoms with Crippen molar-refractivity contribution < 1.29 is 32.3 Å². The Morgan fingerprint density at radius 3 is 2.33 bits per heavy atom. The Morgan fingerprint density at radius 2 is 1.77 bits per heavy atom. The van der Waals surface area contributed by atoms with Crippen molar-refractivity contribution in [2.75, 3.05) is 26.3 Å². The lowest BCUT2D eigenvalue weighted by Gasteiger charge is -2.33. The fourth-order valence-electron chi connectivity index (χ4n) is 2.86. The van der Waals surface area contributed by atoms with Crippen molar-refractivity contribution in [3.63, 3.8) is 0 Å². The summed E-state index contributed by atoms with van der Waals surface area (Å²) >= 11 is 0. The topological polar surface area (TPSA) is 60.4 Å². The molecule has 0 aliphatic carbocycles. The third kappa shape index (κ3) is 8.61. The number of likely N-dealkylation sites (tertiary alicyclic amines) is 1. The van der Waals surface area contributed by atoms with Crippen LogP contribution in [-0.2, 0) is 26.9 Å². The van der Waals surface area contributed by atoms with E-state index in [0.29, 0.717) is 31.7 Å². The molecule has 1 aromatic rings. The zero-order chi connectivity index (χ0) is 22.2.